The molecule has 4 nitrogen and oxygen atoms in total. The third kappa shape index (κ3) is 2.40. The molecular weight excluding hydrogens is 250 g/mol. The van der Waals surface area contributed by atoms with Gasteiger partial charge in [0.25, 0.3) is 5.89 Å². The van der Waals surface area contributed by atoms with Gasteiger partial charge in [0.2, 0.25) is 5.82 Å². The van der Waals surface area contributed by atoms with Crippen LogP contribution in [0.4, 0.5) is 5.69 Å². The quantitative estimate of drug-likeness (QED) is 0.727. The standard InChI is InChI=1S/C16H15N3O/c1-19(2)14-10-8-12(9-11-14)15-17-16(20-18-15)13-6-4-3-5-7-13/h3-11H,1-2H3. The summed E-state index contributed by atoms with van der Waals surface area (Å²) >= 11 is 0. The van der Waals surface area contributed by atoms with E-state index in [1.165, 1.54) is 0 Å². The molecule has 0 radical (unpaired) electrons. The third-order valence-corrected chi connectivity index (χ3v) is 3.09. The van der Waals surface area contributed by atoms with Crippen LogP contribution in [0.2, 0.25) is 0 Å². The van der Waals surface area contributed by atoms with Gasteiger partial charge in [-0.1, -0.05) is 23.4 Å². The van der Waals surface area contributed by atoms with Gasteiger partial charge >= 0.3 is 0 Å². The fourth-order valence-electron chi connectivity index (χ4n) is 1.95. The maximum atomic E-state index is 5.31. The van der Waals surface area contributed by atoms with Crippen LogP contribution in [0, 0.1) is 0 Å². The molecule has 0 aliphatic heterocycles. The molecule has 0 bridgehead atoms. The van der Waals surface area contributed by atoms with Crippen LogP contribution in [0.5, 0.6) is 0 Å². The highest BCUT2D eigenvalue weighted by molar-refractivity contribution is 5.62. The number of aromatic nitrogens is 2. The van der Waals surface area contributed by atoms with Gasteiger partial charge < -0.3 is 9.42 Å². The average Bonchev–Trinajstić information content (AvgIpc) is 2.98. The topological polar surface area (TPSA) is 42.2 Å². The zero-order valence-electron chi connectivity index (χ0n) is 11.4. The summed E-state index contributed by atoms with van der Waals surface area (Å²) in [6.07, 6.45) is 0. The van der Waals surface area contributed by atoms with Gasteiger partial charge in [-0.05, 0) is 36.4 Å². The van der Waals surface area contributed by atoms with Crippen molar-refractivity contribution in [2.24, 2.45) is 0 Å². The fraction of sp³-hybridized carbons (Fsp3) is 0.125. The summed E-state index contributed by atoms with van der Waals surface area (Å²) in [6, 6.07) is 17.8. The van der Waals surface area contributed by atoms with E-state index >= 15 is 0 Å². The molecule has 4 heteroatoms. The van der Waals surface area contributed by atoms with Crippen LogP contribution in [0.3, 0.4) is 0 Å². The van der Waals surface area contributed by atoms with Crippen molar-refractivity contribution in [2.45, 2.75) is 0 Å². The minimum absolute atomic E-state index is 0.539. The van der Waals surface area contributed by atoms with Crippen LogP contribution in [-0.4, -0.2) is 24.2 Å². The molecule has 20 heavy (non-hydrogen) atoms. The van der Waals surface area contributed by atoms with E-state index in [0.29, 0.717) is 11.7 Å². The molecule has 1 aromatic heterocycles. The lowest BCUT2D eigenvalue weighted by Gasteiger charge is -2.11. The Morgan fingerprint density at radius 3 is 2.20 bits per heavy atom. The first-order valence-electron chi connectivity index (χ1n) is 6.41. The molecule has 0 N–H and O–H groups in total. The first-order chi connectivity index (χ1) is 9.74. The van der Waals surface area contributed by atoms with Gasteiger partial charge in [-0.15, -0.1) is 0 Å². The summed E-state index contributed by atoms with van der Waals surface area (Å²) in [5, 5.41) is 4.04. The van der Waals surface area contributed by atoms with Crippen LogP contribution in [-0.2, 0) is 0 Å². The Labute approximate surface area is 117 Å². The van der Waals surface area contributed by atoms with Gasteiger partial charge in [0, 0.05) is 30.9 Å². The van der Waals surface area contributed by atoms with Gasteiger partial charge in [0.15, 0.2) is 0 Å². The van der Waals surface area contributed by atoms with Crippen LogP contribution >= 0.6 is 0 Å². The normalized spacial score (nSPS) is 10.5. The van der Waals surface area contributed by atoms with Crippen molar-refractivity contribution >= 4 is 5.69 Å². The molecule has 0 saturated carbocycles. The molecule has 0 fully saturated rings. The Morgan fingerprint density at radius 2 is 1.55 bits per heavy atom. The van der Waals surface area contributed by atoms with Crippen molar-refractivity contribution in [3.63, 3.8) is 0 Å². The molecule has 0 unspecified atom stereocenters. The van der Waals surface area contributed by atoms with E-state index in [9.17, 15) is 0 Å². The maximum absolute atomic E-state index is 5.31. The van der Waals surface area contributed by atoms with Crippen LogP contribution < -0.4 is 4.90 Å². The predicted octanol–water partition coefficient (Wildman–Crippen LogP) is 3.47. The highest BCUT2D eigenvalue weighted by Gasteiger charge is 2.10. The first kappa shape index (κ1) is 12.4. The number of anilines is 1. The largest absolute Gasteiger partial charge is 0.378 e. The van der Waals surface area contributed by atoms with Crippen molar-refractivity contribution in [1.29, 1.82) is 0 Å². The smallest absolute Gasteiger partial charge is 0.258 e. The van der Waals surface area contributed by atoms with Crippen LogP contribution in [0.25, 0.3) is 22.8 Å². The average molecular weight is 265 g/mol. The number of rotatable bonds is 3. The Hall–Kier alpha value is -2.62. The molecule has 0 saturated heterocycles. The molecule has 2 aromatic carbocycles. The van der Waals surface area contributed by atoms with Crippen LogP contribution in [0.1, 0.15) is 0 Å². The van der Waals surface area contributed by atoms with E-state index in [0.717, 1.165) is 16.8 Å². The summed E-state index contributed by atoms with van der Waals surface area (Å²) in [7, 11) is 4.02. The lowest BCUT2D eigenvalue weighted by Crippen LogP contribution is -2.07. The Bertz CT molecular complexity index is 687. The molecule has 0 spiro atoms. The molecule has 0 aliphatic carbocycles. The first-order valence-corrected chi connectivity index (χ1v) is 6.41. The molecule has 100 valence electrons. The summed E-state index contributed by atoms with van der Waals surface area (Å²) in [6.45, 7) is 0. The van der Waals surface area contributed by atoms with Crippen molar-refractivity contribution in [2.75, 3.05) is 19.0 Å². The van der Waals surface area contributed by atoms with Crippen molar-refractivity contribution < 1.29 is 4.52 Å². The van der Waals surface area contributed by atoms with Crippen LogP contribution in [0.15, 0.2) is 59.1 Å². The van der Waals surface area contributed by atoms with E-state index in [-0.39, 0.29) is 0 Å². The second-order valence-electron chi connectivity index (χ2n) is 4.73. The van der Waals surface area contributed by atoms with Crippen molar-refractivity contribution in [3.05, 3.63) is 54.6 Å². The number of hydrogen-bond acceptors (Lipinski definition) is 4. The van der Waals surface area contributed by atoms with Gasteiger partial charge in [-0.25, -0.2) is 0 Å². The Balaban J connectivity index is 1.90. The molecule has 0 amide bonds. The molecule has 1 heterocycles. The second-order valence-corrected chi connectivity index (χ2v) is 4.73. The number of nitrogens with zero attached hydrogens (tertiary/aromatic N) is 3. The molecule has 3 aromatic rings. The molecule has 3 rings (SSSR count). The second kappa shape index (κ2) is 5.17. The van der Waals surface area contributed by atoms with Gasteiger partial charge in [0.1, 0.15) is 0 Å². The zero-order valence-corrected chi connectivity index (χ0v) is 11.4. The van der Waals surface area contributed by atoms with E-state index in [2.05, 4.69) is 15.0 Å². The molecule has 0 atom stereocenters. The Kier molecular flexibility index (Phi) is 3.21. The monoisotopic (exact) mass is 265 g/mol. The van der Waals surface area contributed by atoms with Gasteiger partial charge in [-0.2, -0.15) is 4.98 Å². The summed E-state index contributed by atoms with van der Waals surface area (Å²) in [5.74, 6) is 1.14. The Morgan fingerprint density at radius 1 is 0.850 bits per heavy atom. The highest BCUT2D eigenvalue weighted by Crippen LogP contribution is 2.23. The minimum Gasteiger partial charge on any atom is -0.378 e. The van der Waals surface area contributed by atoms with Crippen molar-refractivity contribution in [1.82, 2.24) is 10.1 Å². The summed E-state index contributed by atoms with van der Waals surface area (Å²) in [5.41, 5.74) is 3.01. The SMILES string of the molecule is CN(C)c1ccc(-c2noc(-c3ccccc3)n2)cc1. The number of benzene rings is 2. The lowest BCUT2D eigenvalue weighted by atomic mass is 10.2. The number of hydrogen-bond donors (Lipinski definition) is 0. The molecular formula is C16H15N3O. The van der Waals surface area contributed by atoms with E-state index in [1.807, 2.05) is 68.7 Å². The van der Waals surface area contributed by atoms with E-state index in [4.69, 9.17) is 4.52 Å². The van der Waals surface area contributed by atoms with Gasteiger partial charge in [0.05, 0.1) is 0 Å². The van der Waals surface area contributed by atoms with Gasteiger partial charge in [-0.3, -0.25) is 0 Å². The summed E-state index contributed by atoms with van der Waals surface area (Å²) < 4.78 is 5.31. The van der Waals surface area contributed by atoms with E-state index < -0.39 is 0 Å². The fourth-order valence-corrected chi connectivity index (χ4v) is 1.95. The summed E-state index contributed by atoms with van der Waals surface area (Å²) in [4.78, 5) is 6.48. The lowest BCUT2D eigenvalue weighted by molar-refractivity contribution is 0.432. The zero-order chi connectivity index (χ0) is 13.9. The third-order valence-electron chi connectivity index (χ3n) is 3.09. The molecule has 0 aliphatic rings. The van der Waals surface area contributed by atoms with E-state index in [1.54, 1.807) is 0 Å². The highest BCUT2D eigenvalue weighted by atomic mass is 16.5. The maximum Gasteiger partial charge on any atom is 0.258 e. The predicted molar refractivity (Wildman–Crippen MR) is 79.5 cm³/mol. The van der Waals surface area contributed by atoms with Crippen molar-refractivity contribution in [3.8, 4) is 22.8 Å². The minimum atomic E-state index is 0.539.